The van der Waals surface area contributed by atoms with Crippen LogP contribution in [0.3, 0.4) is 0 Å². The maximum Gasteiger partial charge on any atom is 0.271 e. The summed E-state index contributed by atoms with van der Waals surface area (Å²) in [5.74, 6) is 0.577. The van der Waals surface area contributed by atoms with Crippen molar-refractivity contribution in [3.8, 4) is 11.5 Å². The number of anilines is 1. The van der Waals surface area contributed by atoms with Crippen LogP contribution in [-0.2, 0) is 16.1 Å². The molecule has 0 N–H and O–H groups in total. The summed E-state index contributed by atoms with van der Waals surface area (Å²) in [5, 5.41) is 0. The lowest BCUT2D eigenvalue weighted by molar-refractivity contribution is -0.127. The Labute approximate surface area is 265 Å². The van der Waals surface area contributed by atoms with Gasteiger partial charge in [0.2, 0.25) is 0 Å². The Morgan fingerprint density at radius 3 is 2.36 bits per heavy atom. The van der Waals surface area contributed by atoms with E-state index in [-0.39, 0.29) is 16.3 Å². The lowest BCUT2D eigenvalue weighted by Gasteiger charge is -2.30. The third kappa shape index (κ3) is 5.04. The number of nitrogens with zero attached hydrogens (tertiary/aromatic N) is 4. The maximum absolute atomic E-state index is 14.6. The first-order valence-electron chi connectivity index (χ1n) is 14.8. The number of carbonyl (C=O) groups is 2. The first-order chi connectivity index (χ1) is 21.8. The van der Waals surface area contributed by atoms with Gasteiger partial charge in [-0.05, 0) is 50.6 Å². The number of benzene rings is 3. The summed E-state index contributed by atoms with van der Waals surface area (Å²) >= 11 is 1.16. The Balaban J connectivity index is 1.62. The van der Waals surface area contributed by atoms with Gasteiger partial charge in [-0.1, -0.05) is 59.9 Å². The average Bonchev–Trinajstić information content (AvgIpc) is 3.52. The summed E-state index contributed by atoms with van der Waals surface area (Å²) in [6.45, 7) is 6.97. The van der Waals surface area contributed by atoms with E-state index in [1.165, 1.54) is 4.57 Å². The smallest absolute Gasteiger partial charge is 0.271 e. The number of likely N-dealkylation sites (N-methyl/N-ethyl adjacent to an activating group) is 1. The number of carbonyl (C=O) groups excluding carboxylic acids is 2. The number of fused-ring (bicyclic) bond motifs is 2. The first kappa shape index (κ1) is 30.1. The number of hydrogen-bond acceptors (Lipinski definition) is 7. The molecule has 10 heteroatoms. The van der Waals surface area contributed by atoms with E-state index in [4.69, 9.17) is 14.5 Å². The summed E-state index contributed by atoms with van der Waals surface area (Å²) < 4.78 is 13.1. The van der Waals surface area contributed by atoms with Crippen molar-refractivity contribution in [3.05, 3.63) is 120 Å². The fourth-order valence-electron chi connectivity index (χ4n) is 6.10. The van der Waals surface area contributed by atoms with Gasteiger partial charge in [0, 0.05) is 24.2 Å². The molecule has 0 spiro atoms. The molecule has 0 fully saturated rings. The van der Waals surface area contributed by atoms with E-state index in [1.807, 2.05) is 68.4 Å². The molecule has 2 aliphatic rings. The quantitative estimate of drug-likeness (QED) is 0.296. The van der Waals surface area contributed by atoms with Crippen molar-refractivity contribution in [2.45, 2.75) is 33.4 Å². The van der Waals surface area contributed by atoms with Gasteiger partial charge in [0.1, 0.15) is 22.1 Å². The Bertz CT molecular complexity index is 2020. The molecule has 4 aromatic rings. The molecule has 0 saturated carbocycles. The van der Waals surface area contributed by atoms with Gasteiger partial charge < -0.3 is 19.3 Å². The maximum atomic E-state index is 14.6. The van der Waals surface area contributed by atoms with Crippen LogP contribution < -0.4 is 29.3 Å². The number of rotatable bonds is 8. The lowest BCUT2D eigenvalue weighted by Crippen LogP contribution is -2.43. The normalized spacial score (nSPS) is 16.7. The molecule has 3 heterocycles. The number of hydrogen-bond donors (Lipinski definition) is 0. The summed E-state index contributed by atoms with van der Waals surface area (Å²) in [6, 6.07) is 21.7. The predicted molar refractivity (Wildman–Crippen MR) is 174 cm³/mol. The summed E-state index contributed by atoms with van der Waals surface area (Å²) in [5.41, 5.74) is 3.80. The van der Waals surface area contributed by atoms with Crippen molar-refractivity contribution >= 4 is 34.4 Å². The molecule has 0 aliphatic carbocycles. The van der Waals surface area contributed by atoms with Gasteiger partial charge in [-0.25, -0.2) is 4.99 Å². The van der Waals surface area contributed by atoms with E-state index in [9.17, 15) is 14.4 Å². The molecule has 1 aromatic heterocycles. The Kier molecular flexibility index (Phi) is 8.16. The second-order valence-corrected chi connectivity index (χ2v) is 11.7. The Hall–Kier alpha value is -4.96. The monoisotopic (exact) mass is 622 g/mol. The van der Waals surface area contributed by atoms with Crippen LogP contribution in [0.4, 0.5) is 5.69 Å². The Morgan fingerprint density at radius 2 is 1.67 bits per heavy atom. The number of thiazole rings is 1. The fraction of sp³-hybridized carbons (Fsp3) is 0.257. The zero-order chi connectivity index (χ0) is 31.8. The van der Waals surface area contributed by atoms with Gasteiger partial charge >= 0.3 is 0 Å². The second kappa shape index (κ2) is 12.2. The SMILES string of the molecule is CCN(CC)C(=O)C1=C(C)N=c2s/c(=C3/C(=O)N(Cc4ccccc4)c4ccccc43)c(=O)n2[C@H]1c1cc(OC)ccc1OC. The zero-order valence-corrected chi connectivity index (χ0v) is 26.7. The second-order valence-electron chi connectivity index (χ2n) is 10.8. The standard InChI is InChI=1S/C35H34N4O5S/c1-6-37(7-2)32(40)28-21(3)36-35-39(30(28)25-19-23(43-4)17-18-27(25)44-5)34(42)31(45-35)29-24-15-11-12-16-26(24)38(33(29)41)20-22-13-9-8-10-14-22/h8-19,30H,6-7,20H2,1-5H3/b31-29+/t30-/m0/s1. The molecule has 0 saturated heterocycles. The highest BCUT2D eigenvalue weighted by molar-refractivity contribution is 7.07. The van der Waals surface area contributed by atoms with Crippen LogP contribution in [0.15, 0.2) is 93.9 Å². The van der Waals surface area contributed by atoms with Gasteiger partial charge in [0.05, 0.1) is 43.3 Å². The highest BCUT2D eigenvalue weighted by Gasteiger charge is 2.38. The van der Waals surface area contributed by atoms with Crippen LogP contribution >= 0.6 is 11.3 Å². The van der Waals surface area contributed by atoms with Crippen molar-refractivity contribution in [1.82, 2.24) is 9.47 Å². The van der Waals surface area contributed by atoms with E-state index in [0.29, 0.717) is 63.9 Å². The van der Waals surface area contributed by atoms with E-state index in [2.05, 4.69) is 0 Å². The molecule has 9 nitrogen and oxygen atoms in total. The van der Waals surface area contributed by atoms with Crippen molar-refractivity contribution in [1.29, 1.82) is 0 Å². The minimum Gasteiger partial charge on any atom is -0.497 e. The number of allylic oxidation sites excluding steroid dienone is 1. The minimum absolute atomic E-state index is 0.217. The lowest BCUT2D eigenvalue weighted by atomic mass is 9.93. The molecule has 45 heavy (non-hydrogen) atoms. The molecular weight excluding hydrogens is 588 g/mol. The highest BCUT2D eigenvalue weighted by Crippen LogP contribution is 2.39. The molecule has 1 atom stereocenters. The van der Waals surface area contributed by atoms with Crippen molar-refractivity contribution in [2.75, 3.05) is 32.2 Å². The molecule has 2 amide bonds. The van der Waals surface area contributed by atoms with Crippen LogP contribution in [0, 0.1) is 0 Å². The fourth-order valence-corrected chi connectivity index (χ4v) is 7.23. The van der Waals surface area contributed by atoms with Gasteiger partial charge in [-0.2, -0.15) is 0 Å². The number of para-hydroxylation sites is 1. The molecular formula is C35H34N4O5S. The average molecular weight is 623 g/mol. The van der Waals surface area contributed by atoms with Gasteiger partial charge in [-0.15, -0.1) is 0 Å². The summed E-state index contributed by atoms with van der Waals surface area (Å²) in [4.78, 5) is 51.5. The number of ether oxygens (including phenoxy) is 2. The van der Waals surface area contributed by atoms with Crippen LogP contribution in [-0.4, -0.2) is 48.6 Å². The first-order valence-corrected chi connectivity index (χ1v) is 15.7. The number of methoxy groups -OCH3 is 2. The number of aromatic nitrogens is 1. The zero-order valence-electron chi connectivity index (χ0n) is 25.9. The molecule has 0 unspecified atom stereocenters. The van der Waals surface area contributed by atoms with E-state index in [1.54, 1.807) is 49.1 Å². The van der Waals surface area contributed by atoms with Crippen LogP contribution in [0.2, 0.25) is 0 Å². The summed E-state index contributed by atoms with van der Waals surface area (Å²) in [7, 11) is 3.11. The third-order valence-corrected chi connectivity index (χ3v) is 9.40. The van der Waals surface area contributed by atoms with Gasteiger partial charge in [-0.3, -0.25) is 19.0 Å². The molecule has 0 bridgehead atoms. The number of amides is 2. The topological polar surface area (TPSA) is 93.4 Å². The van der Waals surface area contributed by atoms with Crippen molar-refractivity contribution in [3.63, 3.8) is 0 Å². The van der Waals surface area contributed by atoms with Crippen LogP contribution in [0.1, 0.15) is 43.5 Å². The molecule has 2 aliphatic heterocycles. The largest absolute Gasteiger partial charge is 0.497 e. The van der Waals surface area contributed by atoms with Crippen LogP contribution in [0.5, 0.6) is 11.5 Å². The van der Waals surface area contributed by atoms with Crippen molar-refractivity contribution < 1.29 is 19.1 Å². The molecule has 230 valence electrons. The van der Waals surface area contributed by atoms with Crippen LogP contribution in [0.25, 0.3) is 5.57 Å². The van der Waals surface area contributed by atoms with Crippen molar-refractivity contribution in [2.24, 2.45) is 4.99 Å². The van der Waals surface area contributed by atoms with E-state index < -0.39 is 11.6 Å². The van der Waals surface area contributed by atoms with Gasteiger partial charge in [0.25, 0.3) is 17.4 Å². The van der Waals surface area contributed by atoms with E-state index in [0.717, 1.165) is 22.6 Å². The van der Waals surface area contributed by atoms with Gasteiger partial charge in [0.15, 0.2) is 4.80 Å². The minimum atomic E-state index is -0.860. The predicted octanol–water partition coefficient (Wildman–Crippen LogP) is 4.04. The highest BCUT2D eigenvalue weighted by atomic mass is 32.1. The van der Waals surface area contributed by atoms with E-state index >= 15 is 0 Å². The molecule has 0 radical (unpaired) electrons. The summed E-state index contributed by atoms with van der Waals surface area (Å²) in [6.07, 6.45) is 0. The molecule has 6 rings (SSSR count). The molecule has 3 aromatic carbocycles. The third-order valence-electron chi connectivity index (χ3n) is 8.34. The Morgan fingerprint density at radius 1 is 0.956 bits per heavy atom.